The average Bonchev–Trinajstić information content (AvgIpc) is 3.08. The Morgan fingerprint density at radius 3 is 2.73 bits per heavy atom. The van der Waals surface area contributed by atoms with Gasteiger partial charge in [0, 0.05) is 11.4 Å². The first-order valence-electron chi connectivity index (χ1n) is 8.83. The van der Waals surface area contributed by atoms with Gasteiger partial charge in [-0.05, 0) is 47.9 Å². The van der Waals surface area contributed by atoms with Gasteiger partial charge < -0.3 is 5.11 Å². The second-order valence-electron chi connectivity index (χ2n) is 6.79. The molecule has 2 heterocycles. The van der Waals surface area contributed by atoms with Gasteiger partial charge in [-0.25, -0.2) is 0 Å². The van der Waals surface area contributed by atoms with E-state index < -0.39 is 5.97 Å². The molecule has 26 heavy (non-hydrogen) atoms. The summed E-state index contributed by atoms with van der Waals surface area (Å²) in [6.07, 6.45) is 1.65. The molecule has 0 amide bonds. The molecule has 0 radical (unpaired) electrons. The molecule has 2 atom stereocenters. The first kappa shape index (κ1) is 17.5. The van der Waals surface area contributed by atoms with Gasteiger partial charge in [0.15, 0.2) is 0 Å². The Hall–Kier alpha value is -1.88. The number of fused-ring (bicyclic) bond motifs is 1. The fourth-order valence-electron chi connectivity index (χ4n) is 3.94. The van der Waals surface area contributed by atoms with Crippen LogP contribution in [0.4, 0.5) is 0 Å². The first-order chi connectivity index (χ1) is 12.6. The molecule has 3 aromatic rings. The summed E-state index contributed by atoms with van der Waals surface area (Å²) in [7, 11) is 0. The summed E-state index contributed by atoms with van der Waals surface area (Å²) in [4.78, 5) is 15.0. The van der Waals surface area contributed by atoms with Gasteiger partial charge in [-0.1, -0.05) is 54.1 Å². The Morgan fingerprint density at radius 1 is 1.15 bits per heavy atom. The minimum Gasteiger partial charge on any atom is -0.481 e. The van der Waals surface area contributed by atoms with Crippen LogP contribution in [0.15, 0.2) is 54.6 Å². The number of aliphatic carboxylic acids is 1. The van der Waals surface area contributed by atoms with Crippen molar-refractivity contribution < 1.29 is 9.90 Å². The Kier molecular flexibility index (Phi) is 4.98. The third-order valence-corrected chi connectivity index (χ3v) is 6.43. The number of likely N-dealkylation sites (tertiary alicyclic amines) is 1. The van der Waals surface area contributed by atoms with E-state index in [0.717, 1.165) is 28.6 Å². The molecular weight excluding hydrogens is 366 g/mol. The molecule has 1 saturated heterocycles. The largest absolute Gasteiger partial charge is 0.481 e. The van der Waals surface area contributed by atoms with E-state index in [9.17, 15) is 9.90 Å². The Labute approximate surface area is 161 Å². The monoisotopic (exact) mass is 385 g/mol. The number of hydrogen-bond acceptors (Lipinski definition) is 3. The Bertz CT molecular complexity index is 933. The summed E-state index contributed by atoms with van der Waals surface area (Å²) in [5.74, 6) is -1.01. The molecule has 0 spiro atoms. The predicted octanol–water partition coefficient (Wildman–Crippen LogP) is 5.44. The van der Waals surface area contributed by atoms with Gasteiger partial charge in [-0.3, -0.25) is 9.69 Å². The number of carboxylic acids is 1. The van der Waals surface area contributed by atoms with Crippen molar-refractivity contribution in [3.05, 3.63) is 69.4 Å². The van der Waals surface area contributed by atoms with Crippen LogP contribution < -0.4 is 0 Å². The van der Waals surface area contributed by atoms with Crippen LogP contribution in [0.2, 0.25) is 4.34 Å². The molecule has 0 bridgehead atoms. The molecule has 1 N–H and O–H groups in total. The van der Waals surface area contributed by atoms with E-state index in [1.54, 1.807) is 11.3 Å². The molecule has 1 aliphatic rings. The summed E-state index contributed by atoms with van der Waals surface area (Å²) in [5.41, 5.74) is 1.22. The molecule has 2 unspecified atom stereocenters. The number of nitrogens with zero attached hydrogens (tertiary/aromatic N) is 1. The second-order valence-corrected chi connectivity index (χ2v) is 8.53. The van der Waals surface area contributed by atoms with E-state index in [1.165, 1.54) is 16.3 Å². The molecular formula is C21H20ClNO2S. The van der Waals surface area contributed by atoms with Crippen LogP contribution in [-0.4, -0.2) is 29.1 Å². The van der Waals surface area contributed by atoms with E-state index in [-0.39, 0.29) is 12.0 Å². The van der Waals surface area contributed by atoms with Crippen LogP contribution >= 0.6 is 22.9 Å². The van der Waals surface area contributed by atoms with Gasteiger partial charge >= 0.3 is 5.97 Å². The average molecular weight is 386 g/mol. The highest BCUT2D eigenvalue weighted by Crippen LogP contribution is 2.40. The maximum atomic E-state index is 11.6. The van der Waals surface area contributed by atoms with Crippen LogP contribution in [0, 0.1) is 5.92 Å². The van der Waals surface area contributed by atoms with Gasteiger partial charge in [0.2, 0.25) is 0 Å². The highest BCUT2D eigenvalue weighted by molar-refractivity contribution is 7.16. The van der Waals surface area contributed by atoms with Gasteiger partial charge in [0.05, 0.1) is 16.3 Å². The first-order valence-corrected chi connectivity index (χ1v) is 10.0. The van der Waals surface area contributed by atoms with Crippen LogP contribution in [0.25, 0.3) is 10.8 Å². The van der Waals surface area contributed by atoms with E-state index in [2.05, 4.69) is 47.4 Å². The van der Waals surface area contributed by atoms with Crippen LogP contribution in [0.5, 0.6) is 0 Å². The summed E-state index contributed by atoms with van der Waals surface area (Å²) in [6, 6.07) is 18.8. The second kappa shape index (κ2) is 7.39. The van der Waals surface area contributed by atoms with Crippen molar-refractivity contribution in [1.29, 1.82) is 0 Å². The lowest BCUT2D eigenvalue weighted by Gasteiger charge is -2.37. The predicted molar refractivity (Wildman–Crippen MR) is 107 cm³/mol. The molecule has 134 valence electrons. The smallest absolute Gasteiger partial charge is 0.307 e. The van der Waals surface area contributed by atoms with Crippen LogP contribution in [0.1, 0.15) is 29.3 Å². The summed E-state index contributed by atoms with van der Waals surface area (Å²) >= 11 is 7.81. The van der Waals surface area contributed by atoms with E-state index in [4.69, 9.17) is 11.6 Å². The van der Waals surface area contributed by atoms with E-state index >= 15 is 0 Å². The third kappa shape index (κ3) is 3.37. The highest BCUT2D eigenvalue weighted by atomic mass is 35.5. The van der Waals surface area contributed by atoms with Gasteiger partial charge in [0.1, 0.15) is 0 Å². The zero-order valence-electron chi connectivity index (χ0n) is 14.3. The lowest BCUT2D eigenvalue weighted by atomic mass is 9.92. The quantitative estimate of drug-likeness (QED) is 0.650. The fourth-order valence-corrected chi connectivity index (χ4v) is 5.15. The summed E-state index contributed by atoms with van der Waals surface area (Å²) in [5, 5.41) is 11.9. The maximum Gasteiger partial charge on any atom is 0.307 e. The SMILES string of the molecule is O=C(O)C1CCCN(C(c2ccc(Cl)s2)c2cccc3ccccc23)C1. The number of hydrogen-bond donors (Lipinski definition) is 1. The molecule has 1 aromatic heterocycles. The van der Waals surface area contributed by atoms with Gasteiger partial charge in [0.25, 0.3) is 0 Å². The number of rotatable bonds is 4. The standard InChI is InChI=1S/C21H20ClNO2S/c22-19-11-10-18(26-19)20(23-12-4-7-15(13-23)21(24)25)17-9-3-6-14-5-1-2-8-16(14)17/h1-3,5-6,8-11,15,20H,4,7,12-13H2,(H,24,25). The van der Waals surface area contributed by atoms with Crippen molar-refractivity contribution in [2.24, 2.45) is 5.92 Å². The van der Waals surface area contributed by atoms with Crippen molar-refractivity contribution in [3.63, 3.8) is 0 Å². The maximum absolute atomic E-state index is 11.6. The Morgan fingerprint density at radius 2 is 1.96 bits per heavy atom. The minimum atomic E-state index is -0.699. The molecule has 4 rings (SSSR count). The number of carbonyl (C=O) groups is 1. The normalized spacial score (nSPS) is 19.5. The molecule has 1 aliphatic heterocycles. The highest BCUT2D eigenvalue weighted by Gasteiger charge is 2.32. The summed E-state index contributed by atoms with van der Waals surface area (Å²) < 4.78 is 0.761. The fraction of sp³-hybridized carbons (Fsp3) is 0.286. The van der Waals surface area contributed by atoms with E-state index in [1.807, 2.05) is 12.1 Å². The number of carboxylic acid groups (broad SMARTS) is 1. The third-order valence-electron chi connectivity index (χ3n) is 5.15. The van der Waals surface area contributed by atoms with Crippen molar-refractivity contribution in [2.75, 3.05) is 13.1 Å². The number of benzene rings is 2. The van der Waals surface area contributed by atoms with Gasteiger partial charge in [-0.15, -0.1) is 11.3 Å². The van der Waals surface area contributed by atoms with Gasteiger partial charge in [-0.2, -0.15) is 0 Å². The van der Waals surface area contributed by atoms with Crippen molar-refractivity contribution in [2.45, 2.75) is 18.9 Å². The zero-order chi connectivity index (χ0) is 18.1. The molecule has 5 heteroatoms. The topological polar surface area (TPSA) is 40.5 Å². The lowest BCUT2D eigenvalue weighted by Crippen LogP contribution is -2.41. The summed E-state index contributed by atoms with van der Waals surface area (Å²) in [6.45, 7) is 1.46. The van der Waals surface area contributed by atoms with Crippen LogP contribution in [0.3, 0.4) is 0 Å². The molecule has 0 aliphatic carbocycles. The molecule has 1 fully saturated rings. The number of halogens is 1. The molecule has 2 aromatic carbocycles. The molecule has 0 saturated carbocycles. The zero-order valence-corrected chi connectivity index (χ0v) is 15.8. The van der Waals surface area contributed by atoms with Crippen molar-refractivity contribution in [3.8, 4) is 0 Å². The van der Waals surface area contributed by atoms with Crippen molar-refractivity contribution in [1.82, 2.24) is 4.90 Å². The minimum absolute atomic E-state index is 0.0285. The van der Waals surface area contributed by atoms with E-state index in [0.29, 0.717) is 6.54 Å². The number of thiophene rings is 1. The Balaban J connectivity index is 1.82. The van der Waals surface area contributed by atoms with Crippen molar-refractivity contribution >= 4 is 39.7 Å². The lowest BCUT2D eigenvalue weighted by molar-refractivity contribution is -0.143. The number of piperidine rings is 1. The molecule has 3 nitrogen and oxygen atoms in total. The van der Waals surface area contributed by atoms with Crippen LogP contribution in [-0.2, 0) is 4.79 Å².